The maximum absolute atomic E-state index is 11.0. The summed E-state index contributed by atoms with van der Waals surface area (Å²) >= 11 is 0. The summed E-state index contributed by atoms with van der Waals surface area (Å²) in [5, 5.41) is 20.8. The molecule has 2 aliphatic carbocycles. The number of aliphatic hydroxyl groups excluding tert-OH is 1. The highest BCUT2D eigenvalue weighted by Crippen LogP contribution is 2.48. The molecule has 1 N–H and O–H groups in total. The molecular formula is C17H17N3O. The van der Waals surface area contributed by atoms with Crippen LogP contribution in [0.4, 0.5) is 0 Å². The number of fused-ring (bicyclic) bond motifs is 1. The van der Waals surface area contributed by atoms with E-state index in [1.165, 1.54) is 5.56 Å². The Morgan fingerprint density at radius 3 is 2.95 bits per heavy atom. The standard InChI is InChI=1S/C17H17N3O/c18-10-17(8-7-12-3-1-2-4-14(12)17)16(21)15-9-19-11-20(15)13-5-6-13/h1-4,9,11,13,16,21H,5-8H2. The summed E-state index contributed by atoms with van der Waals surface area (Å²) in [6.45, 7) is 0. The van der Waals surface area contributed by atoms with Crippen molar-refractivity contribution in [3.8, 4) is 6.07 Å². The molecule has 4 heteroatoms. The second kappa shape index (κ2) is 4.44. The summed E-state index contributed by atoms with van der Waals surface area (Å²) in [5.41, 5.74) is 2.08. The number of rotatable bonds is 3. The smallest absolute Gasteiger partial charge is 0.118 e. The van der Waals surface area contributed by atoms with Crippen LogP contribution in [0.25, 0.3) is 0 Å². The van der Waals surface area contributed by atoms with Gasteiger partial charge < -0.3 is 9.67 Å². The number of benzene rings is 1. The van der Waals surface area contributed by atoms with E-state index >= 15 is 0 Å². The molecule has 4 rings (SSSR count). The fourth-order valence-corrected chi connectivity index (χ4v) is 3.54. The molecule has 1 heterocycles. The normalized spacial score (nSPS) is 25.3. The third kappa shape index (κ3) is 1.74. The van der Waals surface area contributed by atoms with Crippen LogP contribution in [0.3, 0.4) is 0 Å². The minimum absolute atomic E-state index is 0.449. The van der Waals surface area contributed by atoms with Crippen molar-refractivity contribution in [2.24, 2.45) is 0 Å². The largest absolute Gasteiger partial charge is 0.385 e. The first-order chi connectivity index (χ1) is 10.3. The van der Waals surface area contributed by atoms with Crippen LogP contribution in [0.5, 0.6) is 0 Å². The Morgan fingerprint density at radius 2 is 2.19 bits per heavy atom. The first-order valence-electron chi connectivity index (χ1n) is 7.46. The van der Waals surface area contributed by atoms with Crippen LogP contribution in [0.1, 0.15) is 48.2 Å². The first-order valence-corrected chi connectivity index (χ1v) is 7.46. The molecule has 0 saturated heterocycles. The predicted octanol–water partition coefficient (Wildman–Crippen LogP) is 2.66. The molecule has 0 spiro atoms. The van der Waals surface area contributed by atoms with Gasteiger partial charge in [-0.05, 0) is 36.8 Å². The van der Waals surface area contributed by atoms with Gasteiger partial charge in [-0.25, -0.2) is 4.98 Å². The van der Waals surface area contributed by atoms with Crippen molar-refractivity contribution in [1.29, 1.82) is 5.26 Å². The lowest BCUT2D eigenvalue weighted by Gasteiger charge is -2.29. The molecular weight excluding hydrogens is 262 g/mol. The number of nitriles is 1. The van der Waals surface area contributed by atoms with Crippen molar-refractivity contribution in [2.45, 2.75) is 43.2 Å². The first kappa shape index (κ1) is 12.6. The van der Waals surface area contributed by atoms with E-state index in [0.717, 1.165) is 30.5 Å². The van der Waals surface area contributed by atoms with Gasteiger partial charge in [0.25, 0.3) is 0 Å². The molecule has 0 radical (unpaired) electrons. The molecule has 0 aliphatic heterocycles. The number of nitrogens with zero attached hydrogens (tertiary/aromatic N) is 3. The Bertz CT molecular complexity index is 726. The number of hydrogen-bond donors (Lipinski definition) is 1. The Hall–Kier alpha value is -2.12. The number of hydrogen-bond acceptors (Lipinski definition) is 3. The zero-order chi connectivity index (χ0) is 14.4. The van der Waals surface area contributed by atoms with E-state index in [-0.39, 0.29) is 0 Å². The number of aliphatic hydroxyl groups is 1. The van der Waals surface area contributed by atoms with Gasteiger partial charge in [0.2, 0.25) is 0 Å². The van der Waals surface area contributed by atoms with Crippen LogP contribution < -0.4 is 0 Å². The fraction of sp³-hybridized carbons (Fsp3) is 0.412. The van der Waals surface area contributed by atoms with Crippen molar-refractivity contribution < 1.29 is 5.11 Å². The number of aryl methyl sites for hydroxylation is 1. The third-order valence-corrected chi connectivity index (χ3v) is 4.87. The van der Waals surface area contributed by atoms with Crippen LogP contribution in [0, 0.1) is 11.3 Å². The van der Waals surface area contributed by atoms with Gasteiger partial charge in [-0.2, -0.15) is 5.26 Å². The Morgan fingerprint density at radius 1 is 1.38 bits per heavy atom. The summed E-state index contributed by atoms with van der Waals surface area (Å²) in [7, 11) is 0. The van der Waals surface area contributed by atoms with Gasteiger partial charge in [-0.1, -0.05) is 24.3 Å². The molecule has 1 aromatic heterocycles. The fourth-order valence-electron chi connectivity index (χ4n) is 3.54. The van der Waals surface area contributed by atoms with Crippen LogP contribution in [-0.2, 0) is 11.8 Å². The van der Waals surface area contributed by atoms with Gasteiger partial charge >= 0.3 is 0 Å². The van der Waals surface area contributed by atoms with E-state index in [1.54, 1.807) is 12.5 Å². The molecule has 0 bridgehead atoms. The highest BCUT2D eigenvalue weighted by Gasteiger charge is 2.47. The highest BCUT2D eigenvalue weighted by atomic mass is 16.3. The van der Waals surface area contributed by atoms with Crippen LogP contribution in [0.2, 0.25) is 0 Å². The summed E-state index contributed by atoms with van der Waals surface area (Å²) < 4.78 is 2.05. The van der Waals surface area contributed by atoms with E-state index in [2.05, 4.69) is 17.1 Å². The highest BCUT2D eigenvalue weighted by molar-refractivity contribution is 5.46. The van der Waals surface area contributed by atoms with Crippen molar-refractivity contribution in [2.75, 3.05) is 0 Å². The Labute approximate surface area is 123 Å². The van der Waals surface area contributed by atoms with Crippen LogP contribution >= 0.6 is 0 Å². The van der Waals surface area contributed by atoms with Gasteiger partial charge in [0, 0.05) is 6.04 Å². The molecule has 0 amide bonds. The van der Waals surface area contributed by atoms with Gasteiger partial charge in [0.05, 0.1) is 24.3 Å². The minimum atomic E-state index is -0.844. The van der Waals surface area contributed by atoms with Gasteiger partial charge in [-0.15, -0.1) is 0 Å². The van der Waals surface area contributed by atoms with Gasteiger partial charge in [-0.3, -0.25) is 0 Å². The monoisotopic (exact) mass is 279 g/mol. The average molecular weight is 279 g/mol. The van der Waals surface area contributed by atoms with E-state index < -0.39 is 11.5 Å². The zero-order valence-electron chi connectivity index (χ0n) is 11.7. The second-order valence-corrected chi connectivity index (χ2v) is 6.10. The van der Waals surface area contributed by atoms with Crippen LogP contribution in [0.15, 0.2) is 36.8 Å². The molecule has 1 aromatic carbocycles. The quantitative estimate of drug-likeness (QED) is 0.939. The molecule has 106 valence electrons. The van der Waals surface area contributed by atoms with E-state index in [1.807, 2.05) is 22.8 Å². The molecule has 2 unspecified atom stereocenters. The Kier molecular flexibility index (Phi) is 2.66. The lowest BCUT2D eigenvalue weighted by Crippen LogP contribution is -2.31. The van der Waals surface area contributed by atoms with Gasteiger partial charge in [0.15, 0.2) is 0 Å². The SMILES string of the molecule is N#CC1(C(O)c2cncn2C2CC2)CCc2ccccc21. The van der Waals surface area contributed by atoms with Crippen molar-refractivity contribution >= 4 is 0 Å². The van der Waals surface area contributed by atoms with Crippen LogP contribution in [-0.4, -0.2) is 14.7 Å². The summed E-state index contributed by atoms with van der Waals surface area (Å²) in [6.07, 6.45) is 6.44. The Balaban J connectivity index is 1.80. The molecule has 1 saturated carbocycles. The predicted molar refractivity (Wildman–Crippen MR) is 77.5 cm³/mol. The maximum Gasteiger partial charge on any atom is 0.118 e. The van der Waals surface area contributed by atoms with E-state index in [9.17, 15) is 10.4 Å². The van der Waals surface area contributed by atoms with E-state index in [0.29, 0.717) is 12.5 Å². The summed E-state index contributed by atoms with van der Waals surface area (Å²) in [6, 6.07) is 10.8. The van der Waals surface area contributed by atoms with Crippen molar-refractivity contribution in [3.05, 3.63) is 53.6 Å². The lowest BCUT2D eigenvalue weighted by atomic mass is 9.77. The number of aromatic nitrogens is 2. The topological polar surface area (TPSA) is 61.8 Å². The van der Waals surface area contributed by atoms with Gasteiger partial charge in [0.1, 0.15) is 11.5 Å². The third-order valence-electron chi connectivity index (χ3n) is 4.87. The molecule has 2 atom stereocenters. The van der Waals surface area contributed by atoms with E-state index in [4.69, 9.17) is 0 Å². The lowest BCUT2D eigenvalue weighted by molar-refractivity contribution is 0.102. The minimum Gasteiger partial charge on any atom is -0.385 e. The molecule has 21 heavy (non-hydrogen) atoms. The summed E-state index contributed by atoms with van der Waals surface area (Å²) in [4.78, 5) is 4.19. The molecule has 2 aliphatic rings. The molecule has 1 fully saturated rings. The van der Waals surface area contributed by atoms with Crippen molar-refractivity contribution in [1.82, 2.24) is 9.55 Å². The number of imidazole rings is 1. The molecule has 4 nitrogen and oxygen atoms in total. The average Bonchev–Trinajstić information content (AvgIpc) is 3.13. The second-order valence-electron chi connectivity index (χ2n) is 6.10. The summed E-state index contributed by atoms with van der Waals surface area (Å²) in [5.74, 6) is 0. The zero-order valence-corrected chi connectivity index (χ0v) is 11.7. The maximum atomic E-state index is 11.0. The molecule has 2 aromatic rings. The van der Waals surface area contributed by atoms with Crippen molar-refractivity contribution in [3.63, 3.8) is 0 Å².